The summed E-state index contributed by atoms with van der Waals surface area (Å²) in [5, 5.41) is 11.9. The Morgan fingerprint density at radius 2 is 1.81 bits per heavy atom. The van der Waals surface area contributed by atoms with E-state index in [-0.39, 0.29) is 18.2 Å². The summed E-state index contributed by atoms with van der Waals surface area (Å²) in [6.07, 6.45) is -5.45. The fourth-order valence-corrected chi connectivity index (χ4v) is 4.54. The Labute approximate surface area is 218 Å². The molecule has 0 radical (unpaired) electrons. The molecule has 0 spiro atoms. The van der Waals surface area contributed by atoms with Crippen molar-refractivity contribution in [1.82, 2.24) is 9.88 Å². The molecule has 1 aliphatic heterocycles. The highest BCUT2D eigenvalue weighted by Crippen LogP contribution is 2.38. The van der Waals surface area contributed by atoms with Gasteiger partial charge in [-0.3, -0.25) is 0 Å². The minimum absolute atomic E-state index is 0.165. The van der Waals surface area contributed by atoms with E-state index in [4.69, 9.17) is 21.1 Å². The molecule has 198 valence electrons. The van der Waals surface area contributed by atoms with E-state index in [1.807, 2.05) is 0 Å². The van der Waals surface area contributed by atoms with E-state index < -0.39 is 29.5 Å². The summed E-state index contributed by atoms with van der Waals surface area (Å²) in [6, 6.07) is 10.1. The third kappa shape index (κ3) is 5.93. The Bertz CT molecular complexity index is 1300. The Morgan fingerprint density at radius 1 is 1.16 bits per heavy atom. The molecule has 0 aliphatic carbocycles. The monoisotopic (exact) mass is 536 g/mol. The molecule has 10 heteroatoms. The number of hydrogen-bond donors (Lipinski definition) is 1. The molecule has 1 unspecified atom stereocenters. The van der Waals surface area contributed by atoms with Crippen LogP contribution in [-0.2, 0) is 17.3 Å². The summed E-state index contributed by atoms with van der Waals surface area (Å²) in [5.74, 6) is 0.110. The molecular weight excluding hydrogens is 509 g/mol. The van der Waals surface area contributed by atoms with E-state index in [1.165, 1.54) is 19.2 Å². The SMILES string of the molecule is COc1nc2ccc(C(O)C3CN(C(=O)OC(C)(C)C)C3)cc2c(Cl)c1Cc1ccc(C(F)(F)F)cc1. The number of fused-ring (bicyclic) bond motifs is 1. The molecule has 0 bridgehead atoms. The van der Waals surface area contributed by atoms with Gasteiger partial charge in [0.2, 0.25) is 5.88 Å². The van der Waals surface area contributed by atoms with Crippen LogP contribution in [0.4, 0.5) is 18.0 Å². The molecule has 1 atom stereocenters. The Hall–Kier alpha value is -3.04. The van der Waals surface area contributed by atoms with Gasteiger partial charge in [-0.2, -0.15) is 13.2 Å². The van der Waals surface area contributed by atoms with Crippen LogP contribution in [0.3, 0.4) is 0 Å². The maximum absolute atomic E-state index is 12.9. The van der Waals surface area contributed by atoms with Gasteiger partial charge in [-0.25, -0.2) is 9.78 Å². The third-order valence-corrected chi connectivity index (χ3v) is 6.64. The van der Waals surface area contributed by atoms with Gasteiger partial charge >= 0.3 is 12.3 Å². The third-order valence-electron chi connectivity index (χ3n) is 6.21. The lowest BCUT2D eigenvalue weighted by atomic mass is 9.88. The largest absolute Gasteiger partial charge is 0.481 e. The van der Waals surface area contributed by atoms with Crippen molar-refractivity contribution in [3.05, 3.63) is 69.7 Å². The number of methoxy groups -OCH3 is 1. The van der Waals surface area contributed by atoms with Crippen LogP contribution in [0.15, 0.2) is 42.5 Å². The van der Waals surface area contributed by atoms with E-state index in [2.05, 4.69) is 4.98 Å². The van der Waals surface area contributed by atoms with Crippen LogP contribution in [-0.4, -0.2) is 46.9 Å². The number of benzene rings is 2. The average molecular weight is 537 g/mol. The second-order valence-electron chi connectivity index (χ2n) is 10.2. The van der Waals surface area contributed by atoms with Crippen molar-refractivity contribution in [2.45, 2.75) is 45.1 Å². The number of alkyl halides is 3. The predicted octanol–water partition coefficient (Wildman–Crippen LogP) is 6.41. The molecule has 1 saturated heterocycles. The number of ether oxygens (including phenoxy) is 2. The number of carbonyl (C=O) groups is 1. The highest BCUT2D eigenvalue weighted by Gasteiger charge is 2.38. The molecule has 0 saturated carbocycles. The topological polar surface area (TPSA) is 71.9 Å². The summed E-state index contributed by atoms with van der Waals surface area (Å²) >= 11 is 6.76. The number of hydrogen-bond acceptors (Lipinski definition) is 5. The number of pyridine rings is 1. The van der Waals surface area contributed by atoms with Crippen LogP contribution in [0.25, 0.3) is 10.9 Å². The number of aliphatic hydroxyl groups excluding tert-OH is 1. The number of aliphatic hydroxyl groups is 1. The zero-order valence-electron chi connectivity index (χ0n) is 20.9. The smallest absolute Gasteiger partial charge is 0.416 e. The van der Waals surface area contributed by atoms with Crippen LogP contribution < -0.4 is 4.74 Å². The molecule has 1 aliphatic rings. The first-order chi connectivity index (χ1) is 17.3. The fourth-order valence-electron chi connectivity index (χ4n) is 4.24. The number of nitrogens with zero attached hydrogens (tertiary/aromatic N) is 2. The highest BCUT2D eigenvalue weighted by molar-refractivity contribution is 6.36. The van der Waals surface area contributed by atoms with Gasteiger partial charge in [0, 0.05) is 36.4 Å². The summed E-state index contributed by atoms with van der Waals surface area (Å²) in [4.78, 5) is 18.3. The number of rotatable bonds is 5. The van der Waals surface area contributed by atoms with Crippen LogP contribution in [0.2, 0.25) is 5.02 Å². The van der Waals surface area contributed by atoms with E-state index in [1.54, 1.807) is 43.9 Å². The number of carbonyl (C=O) groups excluding carboxylic acids is 1. The lowest BCUT2D eigenvalue weighted by Gasteiger charge is -2.42. The normalized spacial score (nSPS) is 15.4. The average Bonchev–Trinajstić information content (AvgIpc) is 2.78. The number of aromatic nitrogens is 1. The zero-order chi connectivity index (χ0) is 27.1. The second kappa shape index (κ2) is 10.0. The van der Waals surface area contributed by atoms with Gasteiger partial charge < -0.3 is 19.5 Å². The van der Waals surface area contributed by atoms with Gasteiger partial charge in [-0.05, 0) is 56.2 Å². The molecular formula is C27H28ClF3N2O4. The van der Waals surface area contributed by atoms with Crippen molar-refractivity contribution in [2.24, 2.45) is 5.92 Å². The molecule has 1 fully saturated rings. The van der Waals surface area contributed by atoms with E-state index in [0.29, 0.717) is 45.7 Å². The predicted molar refractivity (Wildman–Crippen MR) is 134 cm³/mol. The standard InChI is InChI=1S/C27H28ClF3N2O4/c1-26(2,3)37-25(35)33-13-17(14-33)23(34)16-7-10-21-19(12-16)22(28)20(24(32-21)36-4)11-15-5-8-18(9-6-15)27(29,30)31/h5-10,12,17,23,34H,11,13-14H2,1-4H3. The lowest BCUT2D eigenvalue weighted by Crippen LogP contribution is -2.53. The Balaban J connectivity index is 1.56. The minimum atomic E-state index is -4.42. The van der Waals surface area contributed by atoms with Crippen molar-refractivity contribution in [3.63, 3.8) is 0 Å². The van der Waals surface area contributed by atoms with E-state index >= 15 is 0 Å². The van der Waals surface area contributed by atoms with Gasteiger partial charge in [-0.1, -0.05) is 29.8 Å². The molecule has 2 aromatic carbocycles. The molecule has 3 aromatic rings. The maximum atomic E-state index is 12.9. The molecule has 4 rings (SSSR count). The first kappa shape index (κ1) is 27.0. The van der Waals surface area contributed by atoms with Crippen LogP contribution in [0.5, 0.6) is 5.88 Å². The fraction of sp³-hybridized carbons (Fsp3) is 0.407. The molecule has 1 aromatic heterocycles. The van der Waals surface area contributed by atoms with Crippen LogP contribution in [0.1, 0.15) is 49.1 Å². The lowest BCUT2D eigenvalue weighted by molar-refractivity contribution is -0.137. The zero-order valence-corrected chi connectivity index (χ0v) is 21.7. The van der Waals surface area contributed by atoms with Crippen molar-refractivity contribution in [3.8, 4) is 5.88 Å². The quantitative estimate of drug-likeness (QED) is 0.408. The highest BCUT2D eigenvalue weighted by atomic mass is 35.5. The van der Waals surface area contributed by atoms with Crippen LogP contribution in [0, 0.1) is 5.92 Å². The first-order valence-corrected chi connectivity index (χ1v) is 12.1. The van der Waals surface area contributed by atoms with Gasteiger partial charge in [0.1, 0.15) is 5.60 Å². The Kier molecular flexibility index (Phi) is 7.32. The molecule has 6 nitrogen and oxygen atoms in total. The minimum Gasteiger partial charge on any atom is -0.481 e. The van der Waals surface area contributed by atoms with Crippen molar-refractivity contribution < 1.29 is 32.5 Å². The van der Waals surface area contributed by atoms with Gasteiger partial charge in [0.05, 0.1) is 29.3 Å². The van der Waals surface area contributed by atoms with Gasteiger partial charge in [-0.15, -0.1) is 0 Å². The molecule has 1 amide bonds. The summed E-state index contributed by atoms with van der Waals surface area (Å²) < 4.78 is 49.6. The number of amides is 1. The maximum Gasteiger partial charge on any atom is 0.416 e. The Morgan fingerprint density at radius 3 is 2.38 bits per heavy atom. The molecule has 2 heterocycles. The number of halogens is 4. The van der Waals surface area contributed by atoms with Crippen molar-refractivity contribution in [2.75, 3.05) is 20.2 Å². The molecule has 1 N–H and O–H groups in total. The number of likely N-dealkylation sites (tertiary alicyclic amines) is 1. The first-order valence-electron chi connectivity index (χ1n) is 11.7. The van der Waals surface area contributed by atoms with Crippen molar-refractivity contribution >= 4 is 28.6 Å². The summed E-state index contributed by atoms with van der Waals surface area (Å²) in [6.45, 7) is 6.11. The summed E-state index contributed by atoms with van der Waals surface area (Å²) in [7, 11) is 1.45. The van der Waals surface area contributed by atoms with Gasteiger partial charge in [0.15, 0.2) is 0 Å². The second-order valence-corrected chi connectivity index (χ2v) is 10.5. The molecule has 37 heavy (non-hydrogen) atoms. The van der Waals surface area contributed by atoms with Gasteiger partial charge in [0.25, 0.3) is 0 Å². The summed E-state index contributed by atoms with van der Waals surface area (Å²) in [5.41, 5.74) is 0.992. The van der Waals surface area contributed by atoms with Crippen LogP contribution >= 0.6 is 11.6 Å². The van der Waals surface area contributed by atoms with E-state index in [9.17, 15) is 23.1 Å². The van der Waals surface area contributed by atoms with E-state index in [0.717, 1.165) is 12.1 Å². The van der Waals surface area contributed by atoms with Crippen molar-refractivity contribution in [1.29, 1.82) is 0 Å².